The first-order chi connectivity index (χ1) is 9.28. The summed E-state index contributed by atoms with van der Waals surface area (Å²) in [6.07, 6.45) is 6.76. The van der Waals surface area contributed by atoms with Crippen LogP contribution in [-0.4, -0.2) is 6.29 Å². The maximum absolute atomic E-state index is 11.0. The number of hydrogen-bond donors (Lipinski definition) is 0. The topological polar surface area (TPSA) is 40.9 Å². The van der Waals surface area contributed by atoms with Gasteiger partial charge in [0.05, 0.1) is 11.6 Å². The molecular formula is C17H21NO. The lowest BCUT2D eigenvalue weighted by atomic mass is 9.73. The van der Waals surface area contributed by atoms with Crippen molar-refractivity contribution in [2.75, 3.05) is 0 Å². The summed E-state index contributed by atoms with van der Waals surface area (Å²) >= 11 is 0. The first kappa shape index (κ1) is 13.8. The quantitative estimate of drug-likeness (QED) is 0.761. The Morgan fingerprint density at radius 1 is 1.26 bits per heavy atom. The molecule has 2 nitrogen and oxygen atoms in total. The normalized spacial score (nSPS) is 24.4. The molecule has 2 rings (SSSR count). The van der Waals surface area contributed by atoms with Crippen LogP contribution >= 0.6 is 0 Å². The third-order valence-electron chi connectivity index (χ3n) is 4.53. The van der Waals surface area contributed by atoms with Gasteiger partial charge in [-0.25, -0.2) is 0 Å². The molecule has 2 heteroatoms. The summed E-state index contributed by atoms with van der Waals surface area (Å²) in [7, 11) is 0. The Morgan fingerprint density at radius 2 is 1.89 bits per heavy atom. The second kappa shape index (κ2) is 6.52. The monoisotopic (exact) mass is 255 g/mol. The Bertz CT molecular complexity index is 449. The van der Waals surface area contributed by atoms with Crippen molar-refractivity contribution in [3.8, 4) is 6.07 Å². The summed E-state index contributed by atoms with van der Waals surface area (Å²) in [6.45, 7) is 2.10. The van der Waals surface area contributed by atoms with Crippen molar-refractivity contribution in [2.45, 2.75) is 44.9 Å². The number of carbonyl (C=O) groups is 1. The van der Waals surface area contributed by atoms with Crippen LogP contribution in [0.4, 0.5) is 0 Å². The minimum Gasteiger partial charge on any atom is -0.303 e. The molecule has 1 unspecified atom stereocenters. The van der Waals surface area contributed by atoms with Gasteiger partial charge in [-0.15, -0.1) is 0 Å². The molecule has 1 aliphatic rings. The van der Waals surface area contributed by atoms with E-state index in [4.69, 9.17) is 5.26 Å². The lowest BCUT2D eigenvalue weighted by Crippen LogP contribution is -2.21. The van der Waals surface area contributed by atoms with Crippen LogP contribution in [0.2, 0.25) is 0 Å². The fraction of sp³-hybridized carbons (Fsp3) is 0.529. The summed E-state index contributed by atoms with van der Waals surface area (Å²) < 4.78 is 0. The number of nitrogens with zero attached hydrogens (tertiary/aromatic N) is 1. The molecule has 1 atom stereocenters. The Balaban J connectivity index is 1.95. The Morgan fingerprint density at radius 3 is 2.37 bits per heavy atom. The lowest BCUT2D eigenvalue weighted by Gasteiger charge is -2.31. The number of carbonyl (C=O) groups excluding carboxylic acids is 1. The number of rotatable bonds is 4. The zero-order valence-electron chi connectivity index (χ0n) is 11.5. The van der Waals surface area contributed by atoms with Gasteiger partial charge in [0.25, 0.3) is 0 Å². The first-order valence-electron chi connectivity index (χ1n) is 7.23. The first-order valence-corrected chi connectivity index (χ1v) is 7.23. The largest absolute Gasteiger partial charge is 0.303 e. The number of aldehydes is 1. The molecule has 19 heavy (non-hydrogen) atoms. The molecule has 1 fully saturated rings. The van der Waals surface area contributed by atoms with Crippen LogP contribution in [0.5, 0.6) is 0 Å². The number of nitriles is 1. The summed E-state index contributed by atoms with van der Waals surface area (Å²) in [5.74, 6) is 1.44. The van der Waals surface area contributed by atoms with Crippen LogP contribution in [0.3, 0.4) is 0 Å². The predicted molar refractivity (Wildman–Crippen MR) is 75.7 cm³/mol. The molecule has 0 spiro atoms. The molecule has 1 saturated carbocycles. The van der Waals surface area contributed by atoms with Gasteiger partial charge in [-0.1, -0.05) is 19.1 Å². The molecule has 0 N–H and O–H groups in total. The maximum atomic E-state index is 11.0. The number of benzene rings is 1. The molecule has 0 saturated heterocycles. The van der Waals surface area contributed by atoms with Crippen LogP contribution in [0, 0.1) is 23.2 Å². The molecule has 0 amide bonds. The van der Waals surface area contributed by atoms with E-state index in [2.05, 4.69) is 25.1 Å². The molecule has 0 heterocycles. The van der Waals surface area contributed by atoms with Gasteiger partial charge in [0.1, 0.15) is 6.29 Å². The zero-order valence-corrected chi connectivity index (χ0v) is 11.5. The summed E-state index contributed by atoms with van der Waals surface area (Å²) in [5.41, 5.74) is 2.07. The third kappa shape index (κ3) is 3.23. The average Bonchev–Trinajstić information content (AvgIpc) is 2.49. The van der Waals surface area contributed by atoms with Gasteiger partial charge >= 0.3 is 0 Å². The second-order valence-corrected chi connectivity index (χ2v) is 5.55. The molecule has 1 aromatic carbocycles. The van der Waals surface area contributed by atoms with Crippen molar-refractivity contribution in [1.82, 2.24) is 0 Å². The van der Waals surface area contributed by atoms with E-state index >= 15 is 0 Å². The van der Waals surface area contributed by atoms with E-state index in [9.17, 15) is 4.79 Å². The van der Waals surface area contributed by atoms with Gasteiger partial charge in [0, 0.05) is 5.92 Å². The van der Waals surface area contributed by atoms with Crippen LogP contribution in [0.15, 0.2) is 24.3 Å². The van der Waals surface area contributed by atoms with Crippen LogP contribution in [-0.2, 0) is 4.79 Å². The summed E-state index contributed by atoms with van der Waals surface area (Å²) in [4.78, 5) is 11.0. The molecule has 0 aromatic heterocycles. The molecule has 1 aromatic rings. The highest BCUT2D eigenvalue weighted by Crippen LogP contribution is 2.39. The highest BCUT2D eigenvalue weighted by Gasteiger charge is 2.27. The molecular weight excluding hydrogens is 234 g/mol. The van der Waals surface area contributed by atoms with Crippen LogP contribution < -0.4 is 0 Å². The Hall–Kier alpha value is -1.62. The predicted octanol–water partition coefficient (Wildman–Crippen LogP) is 4.06. The molecule has 0 bridgehead atoms. The summed E-state index contributed by atoms with van der Waals surface area (Å²) in [5, 5.41) is 8.81. The fourth-order valence-electron chi connectivity index (χ4n) is 3.25. The summed E-state index contributed by atoms with van der Waals surface area (Å²) in [6, 6.07) is 10.1. The SMILES string of the molecule is CCC(C=O)[C@H]1CC[C@H](c2ccc(C#N)cc2)CC1. The van der Waals surface area contributed by atoms with Crippen molar-refractivity contribution in [3.63, 3.8) is 0 Å². The van der Waals surface area contributed by atoms with E-state index in [0.717, 1.165) is 31.1 Å². The second-order valence-electron chi connectivity index (χ2n) is 5.55. The van der Waals surface area contributed by atoms with Crippen molar-refractivity contribution in [2.24, 2.45) is 11.8 Å². The zero-order chi connectivity index (χ0) is 13.7. The van der Waals surface area contributed by atoms with Gasteiger partial charge in [-0.05, 0) is 61.6 Å². The highest BCUT2D eigenvalue weighted by atomic mass is 16.1. The van der Waals surface area contributed by atoms with Gasteiger partial charge in [-0.2, -0.15) is 5.26 Å². The molecule has 0 radical (unpaired) electrons. The van der Waals surface area contributed by atoms with Gasteiger partial charge in [-0.3, -0.25) is 0 Å². The minimum absolute atomic E-state index is 0.252. The van der Waals surface area contributed by atoms with Gasteiger partial charge in [0.15, 0.2) is 0 Å². The van der Waals surface area contributed by atoms with Crippen molar-refractivity contribution >= 4 is 6.29 Å². The molecule has 0 aliphatic heterocycles. The Kier molecular flexibility index (Phi) is 4.74. The van der Waals surface area contributed by atoms with Crippen molar-refractivity contribution in [3.05, 3.63) is 35.4 Å². The van der Waals surface area contributed by atoms with Crippen molar-refractivity contribution < 1.29 is 4.79 Å². The van der Waals surface area contributed by atoms with E-state index in [1.165, 1.54) is 18.4 Å². The fourth-order valence-corrected chi connectivity index (χ4v) is 3.25. The third-order valence-corrected chi connectivity index (χ3v) is 4.53. The lowest BCUT2D eigenvalue weighted by molar-refractivity contribution is -0.113. The molecule has 100 valence electrons. The minimum atomic E-state index is 0.252. The van der Waals surface area contributed by atoms with Crippen LogP contribution in [0.1, 0.15) is 56.1 Å². The van der Waals surface area contributed by atoms with E-state index in [1.807, 2.05) is 12.1 Å². The van der Waals surface area contributed by atoms with Gasteiger partial charge < -0.3 is 4.79 Å². The average molecular weight is 255 g/mol. The van der Waals surface area contributed by atoms with E-state index < -0.39 is 0 Å². The maximum Gasteiger partial charge on any atom is 0.123 e. The van der Waals surface area contributed by atoms with E-state index in [0.29, 0.717) is 11.8 Å². The van der Waals surface area contributed by atoms with E-state index in [1.54, 1.807) is 0 Å². The van der Waals surface area contributed by atoms with Crippen LogP contribution in [0.25, 0.3) is 0 Å². The van der Waals surface area contributed by atoms with Crippen molar-refractivity contribution in [1.29, 1.82) is 5.26 Å². The highest BCUT2D eigenvalue weighted by molar-refractivity contribution is 5.53. The number of hydrogen-bond acceptors (Lipinski definition) is 2. The Labute approximate surface area is 115 Å². The van der Waals surface area contributed by atoms with E-state index in [-0.39, 0.29) is 5.92 Å². The molecule has 1 aliphatic carbocycles. The standard InChI is InChI=1S/C17H21NO/c1-2-14(12-19)15-7-9-17(10-8-15)16-5-3-13(11-18)4-6-16/h3-6,12,14-15,17H,2,7-10H2,1H3/t14?,15-,17-. The smallest absolute Gasteiger partial charge is 0.123 e. The van der Waals surface area contributed by atoms with Gasteiger partial charge in [0.2, 0.25) is 0 Å².